The van der Waals surface area contributed by atoms with Gasteiger partial charge in [-0.25, -0.2) is 0 Å². The first-order valence-electron chi connectivity index (χ1n) is 9.75. The maximum atomic E-state index is 13.1. The van der Waals surface area contributed by atoms with Gasteiger partial charge in [0.15, 0.2) is 0 Å². The molecular formula is C23H18Cl2N2O4. The average Bonchev–Trinajstić information content (AvgIpc) is 3.43. The minimum Gasteiger partial charge on any atom is -0.457 e. The number of rotatable bonds is 4. The van der Waals surface area contributed by atoms with Crippen molar-refractivity contribution in [3.8, 4) is 17.4 Å². The van der Waals surface area contributed by atoms with Gasteiger partial charge < -0.3 is 9.15 Å². The lowest BCUT2D eigenvalue weighted by Crippen LogP contribution is -2.46. The normalized spacial score (nSPS) is 20.6. The summed E-state index contributed by atoms with van der Waals surface area (Å²) in [5.74, 6) is -0.200. The highest BCUT2D eigenvalue weighted by Crippen LogP contribution is 2.35. The number of ether oxygens (including phenoxy) is 1. The van der Waals surface area contributed by atoms with Crippen LogP contribution in [-0.4, -0.2) is 36.0 Å². The predicted molar refractivity (Wildman–Crippen MR) is 116 cm³/mol. The number of nitriles is 1. The fourth-order valence-corrected chi connectivity index (χ4v) is 4.09. The van der Waals surface area contributed by atoms with Crippen molar-refractivity contribution in [3.05, 3.63) is 62.9 Å². The molecule has 1 atom stereocenters. The minimum atomic E-state index is -0.594. The lowest BCUT2D eigenvalue weighted by Gasteiger charge is -2.29. The van der Waals surface area contributed by atoms with E-state index < -0.39 is 11.8 Å². The van der Waals surface area contributed by atoms with Crippen molar-refractivity contribution in [3.63, 3.8) is 0 Å². The van der Waals surface area contributed by atoms with Gasteiger partial charge in [0.2, 0.25) is 0 Å². The SMILES string of the molecule is CC1=C(C#N)C(=O)N(CC2CCCO2)C(=O)/C1=C/c1ccc(-c2cccc(Cl)c2Cl)o1. The summed E-state index contributed by atoms with van der Waals surface area (Å²) in [7, 11) is 0. The molecule has 1 saturated heterocycles. The third kappa shape index (κ3) is 4.05. The summed E-state index contributed by atoms with van der Waals surface area (Å²) >= 11 is 12.3. The molecule has 158 valence electrons. The first-order chi connectivity index (χ1) is 14.9. The Bertz CT molecular complexity index is 1170. The van der Waals surface area contributed by atoms with E-state index in [9.17, 15) is 14.9 Å². The summed E-state index contributed by atoms with van der Waals surface area (Å²) < 4.78 is 11.4. The minimum absolute atomic E-state index is 0.0616. The van der Waals surface area contributed by atoms with Crippen molar-refractivity contribution in [2.75, 3.05) is 13.2 Å². The van der Waals surface area contributed by atoms with Crippen molar-refractivity contribution in [1.29, 1.82) is 5.26 Å². The van der Waals surface area contributed by atoms with Crippen molar-refractivity contribution >= 4 is 41.1 Å². The molecule has 0 N–H and O–H groups in total. The van der Waals surface area contributed by atoms with E-state index in [1.54, 1.807) is 37.3 Å². The summed E-state index contributed by atoms with van der Waals surface area (Å²) in [6.45, 7) is 2.31. The summed E-state index contributed by atoms with van der Waals surface area (Å²) in [5, 5.41) is 10.3. The second-order valence-electron chi connectivity index (χ2n) is 7.33. The van der Waals surface area contributed by atoms with Crippen LogP contribution >= 0.6 is 23.2 Å². The van der Waals surface area contributed by atoms with Gasteiger partial charge in [0.05, 0.1) is 22.7 Å². The van der Waals surface area contributed by atoms with E-state index in [1.165, 1.54) is 6.08 Å². The van der Waals surface area contributed by atoms with E-state index in [0.29, 0.717) is 39.3 Å². The number of carbonyl (C=O) groups is 2. The third-order valence-corrected chi connectivity index (χ3v) is 6.18. The fourth-order valence-electron chi connectivity index (χ4n) is 3.70. The Kier molecular flexibility index (Phi) is 6.01. The molecular weight excluding hydrogens is 439 g/mol. The second kappa shape index (κ2) is 8.72. The number of hydrogen-bond acceptors (Lipinski definition) is 5. The van der Waals surface area contributed by atoms with Gasteiger partial charge in [-0.05, 0) is 55.7 Å². The van der Waals surface area contributed by atoms with Crippen LogP contribution in [0.15, 0.2) is 51.5 Å². The number of nitrogens with zero attached hydrogens (tertiary/aromatic N) is 2. The van der Waals surface area contributed by atoms with E-state index in [2.05, 4.69) is 0 Å². The number of furan rings is 1. The standard InChI is InChI=1S/C23H18Cl2N2O4/c1-13-17(10-14-7-8-20(31-14)16-5-2-6-19(24)21(16)25)22(28)27(23(29)18(13)11-26)12-15-4-3-9-30-15/h2,5-8,10,15H,3-4,9,12H2,1H3/b17-10+. The maximum Gasteiger partial charge on any atom is 0.271 e. The molecule has 0 aliphatic carbocycles. The lowest BCUT2D eigenvalue weighted by atomic mass is 9.94. The quantitative estimate of drug-likeness (QED) is 0.475. The zero-order valence-corrected chi connectivity index (χ0v) is 18.2. The van der Waals surface area contributed by atoms with Crippen LogP contribution in [0.4, 0.5) is 0 Å². The topological polar surface area (TPSA) is 83.5 Å². The van der Waals surface area contributed by atoms with Crippen LogP contribution in [0.3, 0.4) is 0 Å². The Balaban J connectivity index is 1.70. The van der Waals surface area contributed by atoms with Crippen molar-refractivity contribution in [2.45, 2.75) is 25.9 Å². The molecule has 0 spiro atoms. The van der Waals surface area contributed by atoms with Gasteiger partial charge in [-0.15, -0.1) is 0 Å². The second-order valence-corrected chi connectivity index (χ2v) is 8.11. The molecule has 2 aliphatic rings. The van der Waals surface area contributed by atoms with Crippen LogP contribution in [0.1, 0.15) is 25.5 Å². The van der Waals surface area contributed by atoms with Gasteiger partial charge in [0.1, 0.15) is 23.2 Å². The first kappa shape index (κ1) is 21.4. The van der Waals surface area contributed by atoms with Gasteiger partial charge in [0, 0.05) is 17.7 Å². The summed E-state index contributed by atoms with van der Waals surface area (Å²) in [6, 6.07) is 10.5. The molecule has 2 aliphatic heterocycles. The molecule has 31 heavy (non-hydrogen) atoms. The van der Waals surface area contributed by atoms with Crippen LogP contribution in [0.5, 0.6) is 0 Å². The van der Waals surface area contributed by atoms with Crippen molar-refractivity contribution in [1.82, 2.24) is 4.90 Å². The highest BCUT2D eigenvalue weighted by atomic mass is 35.5. The van der Waals surface area contributed by atoms with Crippen LogP contribution in [0, 0.1) is 11.3 Å². The van der Waals surface area contributed by atoms with Gasteiger partial charge in [-0.3, -0.25) is 14.5 Å². The third-order valence-electron chi connectivity index (χ3n) is 5.37. The Labute approximate surface area is 189 Å². The van der Waals surface area contributed by atoms with Crippen LogP contribution in [0.25, 0.3) is 17.4 Å². The number of halogens is 2. The van der Waals surface area contributed by atoms with Crippen LogP contribution < -0.4 is 0 Å². The van der Waals surface area contributed by atoms with E-state index in [1.807, 2.05) is 6.07 Å². The highest BCUT2D eigenvalue weighted by molar-refractivity contribution is 6.43. The van der Waals surface area contributed by atoms with E-state index in [4.69, 9.17) is 32.4 Å². The number of carbonyl (C=O) groups excluding carboxylic acids is 2. The zero-order valence-electron chi connectivity index (χ0n) is 16.7. The van der Waals surface area contributed by atoms with E-state index >= 15 is 0 Å². The predicted octanol–water partition coefficient (Wildman–Crippen LogP) is 5.02. The Morgan fingerprint density at radius 3 is 2.74 bits per heavy atom. The van der Waals surface area contributed by atoms with E-state index in [-0.39, 0.29) is 23.8 Å². The zero-order chi connectivity index (χ0) is 22.1. The highest BCUT2D eigenvalue weighted by Gasteiger charge is 2.37. The van der Waals surface area contributed by atoms with Crippen LogP contribution in [0.2, 0.25) is 10.0 Å². The summed E-state index contributed by atoms with van der Waals surface area (Å²) in [6.07, 6.45) is 2.96. The van der Waals surface area contributed by atoms with Gasteiger partial charge in [-0.2, -0.15) is 5.26 Å². The molecule has 1 unspecified atom stereocenters. The molecule has 2 aromatic rings. The smallest absolute Gasteiger partial charge is 0.271 e. The molecule has 1 fully saturated rings. The molecule has 0 bridgehead atoms. The Hall–Kier alpha value is -2.85. The molecule has 4 rings (SSSR count). The van der Waals surface area contributed by atoms with Crippen molar-refractivity contribution in [2.24, 2.45) is 0 Å². The van der Waals surface area contributed by atoms with Crippen LogP contribution in [-0.2, 0) is 14.3 Å². The summed E-state index contributed by atoms with van der Waals surface area (Å²) in [5.41, 5.74) is 1.11. The summed E-state index contributed by atoms with van der Waals surface area (Å²) in [4.78, 5) is 26.9. The van der Waals surface area contributed by atoms with Crippen molar-refractivity contribution < 1.29 is 18.7 Å². The maximum absolute atomic E-state index is 13.1. The molecule has 1 aromatic heterocycles. The number of imide groups is 1. The molecule has 2 amide bonds. The van der Waals surface area contributed by atoms with Gasteiger partial charge in [-0.1, -0.05) is 29.3 Å². The van der Waals surface area contributed by atoms with E-state index in [0.717, 1.165) is 17.7 Å². The first-order valence-corrected chi connectivity index (χ1v) is 10.5. The van der Waals surface area contributed by atoms with Gasteiger partial charge >= 0.3 is 0 Å². The van der Waals surface area contributed by atoms with Gasteiger partial charge in [0.25, 0.3) is 11.8 Å². The average molecular weight is 457 g/mol. The number of benzene rings is 1. The largest absolute Gasteiger partial charge is 0.457 e. The Morgan fingerprint density at radius 2 is 2.03 bits per heavy atom. The number of hydrogen-bond donors (Lipinski definition) is 0. The fraction of sp³-hybridized carbons (Fsp3) is 0.261. The molecule has 0 saturated carbocycles. The number of amides is 2. The molecule has 0 radical (unpaired) electrons. The monoisotopic (exact) mass is 456 g/mol. The molecule has 8 heteroatoms. The Morgan fingerprint density at radius 1 is 1.23 bits per heavy atom. The molecule has 1 aromatic carbocycles. The molecule has 6 nitrogen and oxygen atoms in total. The molecule has 3 heterocycles. The lowest BCUT2D eigenvalue weighted by molar-refractivity contribution is -0.142.